The minimum absolute atomic E-state index is 0.0520. The number of anilines is 1. The zero-order valence-electron chi connectivity index (χ0n) is 19.1. The standard InChI is InChI=1S/C21H29N9O3/c1-4-11-29(12-5-2)14-16-18(24-28-30(16)20-19(22)26-33-27-20)21(31)25-23-13-15-9-7-8-10-17(15)32-6-3/h7-10,13H,4-6,11-12,14H2,1-3H3,(H2,22,26)(H,25,31)/b23-13+. The van der Waals surface area contributed by atoms with Crippen LogP contribution in [0.5, 0.6) is 5.75 Å². The number of nitrogens with two attached hydrogens (primary N) is 1. The molecule has 0 saturated heterocycles. The molecule has 0 radical (unpaired) electrons. The predicted molar refractivity (Wildman–Crippen MR) is 122 cm³/mol. The first-order valence-corrected chi connectivity index (χ1v) is 10.9. The molecule has 0 saturated carbocycles. The van der Waals surface area contributed by atoms with Gasteiger partial charge in [-0.15, -0.1) is 5.10 Å². The molecular weight excluding hydrogens is 426 g/mol. The van der Waals surface area contributed by atoms with E-state index in [1.807, 2.05) is 31.2 Å². The van der Waals surface area contributed by atoms with Gasteiger partial charge in [0.2, 0.25) is 11.6 Å². The van der Waals surface area contributed by atoms with Crippen molar-refractivity contribution >= 4 is 17.9 Å². The molecule has 12 heteroatoms. The van der Waals surface area contributed by atoms with Crippen molar-refractivity contribution < 1.29 is 14.2 Å². The third kappa shape index (κ3) is 5.92. The van der Waals surface area contributed by atoms with Gasteiger partial charge in [0, 0.05) is 12.1 Å². The third-order valence-corrected chi connectivity index (χ3v) is 4.72. The Hall–Kier alpha value is -3.80. The summed E-state index contributed by atoms with van der Waals surface area (Å²) in [6.45, 7) is 8.73. The van der Waals surface area contributed by atoms with Crippen LogP contribution in [0.1, 0.15) is 55.4 Å². The van der Waals surface area contributed by atoms with Gasteiger partial charge in [-0.2, -0.15) is 9.78 Å². The van der Waals surface area contributed by atoms with Crippen LogP contribution in [0, 0.1) is 0 Å². The summed E-state index contributed by atoms with van der Waals surface area (Å²) >= 11 is 0. The summed E-state index contributed by atoms with van der Waals surface area (Å²) in [5, 5.41) is 19.6. The van der Waals surface area contributed by atoms with E-state index in [-0.39, 0.29) is 17.3 Å². The minimum atomic E-state index is -0.510. The number of ether oxygens (including phenoxy) is 1. The average molecular weight is 456 g/mol. The summed E-state index contributed by atoms with van der Waals surface area (Å²) in [7, 11) is 0. The van der Waals surface area contributed by atoms with Crippen LogP contribution in [-0.4, -0.2) is 62.0 Å². The molecule has 0 unspecified atom stereocenters. The summed E-state index contributed by atoms with van der Waals surface area (Å²) in [6, 6.07) is 7.41. The van der Waals surface area contributed by atoms with E-state index in [4.69, 9.17) is 15.1 Å². The first kappa shape index (κ1) is 23.9. The Bertz CT molecular complexity index is 1070. The largest absolute Gasteiger partial charge is 0.493 e. The van der Waals surface area contributed by atoms with Crippen LogP contribution >= 0.6 is 0 Å². The Balaban J connectivity index is 1.86. The molecule has 3 N–H and O–H groups in total. The summed E-state index contributed by atoms with van der Waals surface area (Å²) in [5.74, 6) is 0.396. The van der Waals surface area contributed by atoms with Gasteiger partial charge in [0.1, 0.15) is 5.75 Å². The quantitative estimate of drug-likeness (QED) is 0.309. The molecule has 12 nitrogen and oxygen atoms in total. The Labute approximate surface area is 191 Å². The number of amides is 1. The molecule has 2 heterocycles. The van der Waals surface area contributed by atoms with Crippen LogP contribution in [0.15, 0.2) is 34.0 Å². The number of hydrogen-bond donors (Lipinski definition) is 2. The van der Waals surface area contributed by atoms with Gasteiger partial charge in [-0.05, 0) is 55.3 Å². The number of nitrogens with one attached hydrogen (secondary N) is 1. The van der Waals surface area contributed by atoms with Crippen molar-refractivity contribution in [1.29, 1.82) is 0 Å². The van der Waals surface area contributed by atoms with Gasteiger partial charge in [0.05, 0.1) is 18.5 Å². The molecule has 3 aromatic rings. The van der Waals surface area contributed by atoms with E-state index >= 15 is 0 Å². The Morgan fingerprint density at radius 3 is 2.67 bits per heavy atom. The van der Waals surface area contributed by atoms with E-state index < -0.39 is 5.91 Å². The number of nitrogens with zero attached hydrogens (tertiary/aromatic N) is 7. The maximum Gasteiger partial charge on any atom is 0.293 e. The predicted octanol–water partition coefficient (Wildman–Crippen LogP) is 2.02. The van der Waals surface area contributed by atoms with Crippen LogP contribution < -0.4 is 15.9 Å². The van der Waals surface area contributed by atoms with Crippen molar-refractivity contribution in [2.75, 3.05) is 25.4 Å². The number of benzene rings is 1. The summed E-state index contributed by atoms with van der Waals surface area (Å²) in [6.07, 6.45) is 3.44. The number of aromatic nitrogens is 5. The molecule has 176 valence electrons. The summed E-state index contributed by atoms with van der Waals surface area (Å²) < 4.78 is 11.7. The van der Waals surface area contributed by atoms with Crippen molar-refractivity contribution in [2.45, 2.75) is 40.2 Å². The Kier molecular flexibility index (Phi) is 8.47. The lowest BCUT2D eigenvalue weighted by Crippen LogP contribution is -2.28. The molecule has 2 aromatic heterocycles. The Morgan fingerprint density at radius 2 is 2.00 bits per heavy atom. The van der Waals surface area contributed by atoms with Gasteiger partial charge < -0.3 is 10.5 Å². The summed E-state index contributed by atoms with van der Waals surface area (Å²) in [5.41, 5.74) is 9.74. The van der Waals surface area contributed by atoms with Crippen LogP contribution in [0.25, 0.3) is 5.82 Å². The molecule has 0 aliphatic rings. The second kappa shape index (κ2) is 11.7. The normalized spacial score (nSPS) is 11.4. The van der Waals surface area contributed by atoms with Gasteiger partial charge in [0.25, 0.3) is 5.91 Å². The second-order valence-electron chi connectivity index (χ2n) is 7.22. The highest BCUT2D eigenvalue weighted by molar-refractivity contribution is 5.94. The topological polar surface area (TPSA) is 150 Å². The number of carbonyl (C=O) groups excluding carboxylic acids is 1. The zero-order valence-corrected chi connectivity index (χ0v) is 19.1. The highest BCUT2D eigenvalue weighted by Crippen LogP contribution is 2.18. The molecular formula is C21H29N9O3. The highest BCUT2D eigenvalue weighted by Gasteiger charge is 2.25. The average Bonchev–Trinajstić information content (AvgIpc) is 3.41. The fourth-order valence-corrected chi connectivity index (χ4v) is 3.33. The lowest BCUT2D eigenvalue weighted by atomic mass is 10.2. The van der Waals surface area contributed by atoms with Gasteiger partial charge >= 0.3 is 0 Å². The number of hydrogen-bond acceptors (Lipinski definition) is 10. The summed E-state index contributed by atoms with van der Waals surface area (Å²) in [4.78, 5) is 15.2. The third-order valence-electron chi connectivity index (χ3n) is 4.72. The van der Waals surface area contributed by atoms with Gasteiger partial charge in [0.15, 0.2) is 5.69 Å². The van der Waals surface area contributed by atoms with Crippen LogP contribution in [0.2, 0.25) is 0 Å². The van der Waals surface area contributed by atoms with E-state index in [9.17, 15) is 4.79 Å². The van der Waals surface area contributed by atoms with E-state index in [2.05, 4.69) is 49.9 Å². The number of nitrogen functional groups attached to an aromatic ring is 1. The maximum atomic E-state index is 13.0. The molecule has 0 aliphatic carbocycles. The molecule has 0 spiro atoms. The molecule has 33 heavy (non-hydrogen) atoms. The van der Waals surface area contributed by atoms with Gasteiger partial charge in [-0.3, -0.25) is 9.69 Å². The van der Waals surface area contributed by atoms with Crippen molar-refractivity contribution in [2.24, 2.45) is 5.10 Å². The number of rotatable bonds is 12. The number of para-hydroxylation sites is 1. The van der Waals surface area contributed by atoms with E-state index in [0.29, 0.717) is 24.6 Å². The second-order valence-corrected chi connectivity index (χ2v) is 7.22. The van der Waals surface area contributed by atoms with E-state index in [1.165, 1.54) is 10.9 Å². The van der Waals surface area contributed by atoms with Crippen molar-refractivity contribution in [3.8, 4) is 11.6 Å². The Morgan fingerprint density at radius 1 is 1.24 bits per heavy atom. The molecule has 3 rings (SSSR count). The van der Waals surface area contributed by atoms with Crippen molar-refractivity contribution in [1.82, 2.24) is 35.6 Å². The lowest BCUT2D eigenvalue weighted by molar-refractivity contribution is 0.0947. The van der Waals surface area contributed by atoms with Crippen molar-refractivity contribution in [3.63, 3.8) is 0 Å². The smallest absolute Gasteiger partial charge is 0.293 e. The van der Waals surface area contributed by atoms with Crippen molar-refractivity contribution in [3.05, 3.63) is 41.2 Å². The lowest BCUT2D eigenvalue weighted by Gasteiger charge is -2.21. The highest BCUT2D eigenvalue weighted by atomic mass is 16.6. The van der Waals surface area contributed by atoms with Crippen LogP contribution in [-0.2, 0) is 6.54 Å². The minimum Gasteiger partial charge on any atom is -0.493 e. The number of hydrazone groups is 1. The SMILES string of the molecule is CCCN(CCC)Cc1c(C(=O)N/N=C/c2ccccc2OCC)nnn1-c1nonc1N. The molecule has 0 aliphatic heterocycles. The van der Waals surface area contributed by atoms with Crippen LogP contribution in [0.3, 0.4) is 0 Å². The molecule has 0 atom stereocenters. The van der Waals surface area contributed by atoms with E-state index in [0.717, 1.165) is 31.5 Å². The van der Waals surface area contributed by atoms with E-state index in [1.54, 1.807) is 0 Å². The van der Waals surface area contributed by atoms with Crippen LogP contribution in [0.4, 0.5) is 5.82 Å². The first-order valence-electron chi connectivity index (χ1n) is 10.9. The fraction of sp³-hybridized carbons (Fsp3) is 0.429. The number of carbonyl (C=O) groups is 1. The molecule has 1 aromatic carbocycles. The monoisotopic (exact) mass is 455 g/mol. The zero-order chi connectivity index (χ0) is 23.6. The van der Waals surface area contributed by atoms with Gasteiger partial charge in [-0.1, -0.05) is 31.2 Å². The van der Waals surface area contributed by atoms with Gasteiger partial charge in [-0.25, -0.2) is 10.1 Å². The molecule has 0 fully saturated rings. The molecule has 1 amide bonds. The first-order chi connectivity index (χ1) is 16.1. The fourth-order valence-electron chi connectivity index (χ4n) is 3.33. The molecule has 0 bridgehead atoms. The maximum absolute atomic E-state index is 13.0.